The summed E-state index contributed by atoms with van der Waals surface area (Å²) in [7, 11) is 0. The van der Waals surface area contributed by atoms with Gasteiger partial charge in [0.1, 0.15) is 0 Å². The Kier molecular flexibility index (Phi) is 3.93. The number of hydrogen-bond acceptors (Lipinski definition) is 4. The Hall–Kier alpha value is -3.15. The van der Waals surface area contributed by atoms with E-state index in [0.717, 1.165) is 16.7 Å². The predicted octanol–water partition coefficient (Wildman–Crippen LogP) is 2.08. The lowest BCUT2D eigenvalue weighted by atomic mass is 10.0. The molecule has 25 heavy (non-hydrogen) atoms. The number of fused-ring (bicyclic) bond motifs is 1. The highest BCUT2D eigenvalue weighted by Crippen LogP contribution is 2.19. The molecule has 3 heterocycles. The van der Waals surface area contributed by atoms with Crippen LogP contribution in [0.1, 0.15) is 27.2 Å². The number of rotatable bonds is 3. The lowest BCUT2D eigenvalue weighted by Gasteiger charge is -2.28. The highest BCUT2D eigenvalue weighted by Gasteiger charge is 2.24. The van der Waals surface area contributed by atoms with Gasteiger partial charge in [0.2, 0.25) is 5.76 Å². The second-order valence-corrected chi connectivity index (χ2v) is 6.13. The lowest BCUT2D eigenvalue weighted by Crippen LogP contribution is -2.37. The van der Waals surface area contributed by atoms with Crippen LogP contribution in [0.3, 0.4) is 0 Å². The van der Waals surface area contributed by atoms with E-state index in [1.165, 1.54) is 6.20 Å². The summed E-state index contributed by atoms with van der Waals surface area (Å²) >= 11 is 0. The molecule has 3 aromatic rings. The second kappa shape index (κ2) is 6.39. The minimum Gasteiger partial charge on any atom is -0.351 e. The summed E-state index contributed by atoms with van der Waals surface area (Å²) in [5.41, 5.74) is 3.05. The zero-order chi connectivity index (χ0) is 17.2. The average Bonchev–Trinajstić information content (AvgIpc) is 3.17. The summed E-state index contributed by atoms with van der Waals surface area (Å²) < 4.78 is 6.65. The topological polar surface area (TPSA) is 68.3 Å². The number of aromatic nitrogens is 2. The monoisotopic (exact) mass is 335 g/mol. The molecule has 2 aromatic heterocycles. The molecule has 0 atom stereocenters. The Labute approximate surface area is 144 Å². The number of benzene rings is 1. The Morgan fingerprint density at radius 3 is 2.76 bits per heavy atom. The number of pyridine rings is 1. The van der Waals surface area contributed by atoms with Gasteiger partial charge < -0.3 is 14.0 Å². The van der Waals surface area contributed by atoms with Crippen LogP contribution < -0.4 is 5.56 Å². The third-order valence-corrected chi connectivity index (χ3v) is 4.45. The van der Waals surface area contributed by atoms with Gasteiger partial charge in [-0.3, -0.25) is 9.59 Å². The molecule has 0 bridgehead atoms. The fourth-order valence-corrected chi connectivity index (χ4v) is 3.13. The van der Waals surface area contributed by atoms with Crippen LogP contribution >= 0.6 is 0 Å². The molecule has 0 saturated carbocycles. The van der Waals surface area contributed by atoms with Crippen molar-refractivity contribution >= 4 is 5.91 Å². The van der Waals surface area contributed by atoms with Crippen LogP contribution in [-0.4, -0.2) is 27.1 Å². The molecule has 0 N–H and O–H groups in total. The summed E-state index contributed by atoms with van der Waals surface area (Å²) in [6.07, 6.45) is 3.99. The van der Waals surface area contributed by atoms with Gasteiger partial charge >= 0.3 is 0 Å². The fourth-order valence-electron chi connectivity index (χ4n) is 3.13. The first-order valence-electron chi connectivity index (χ1n) is 8.17. The van der Waals surface area contributed by atoms with E-state index in [1.807, 2.05) is 36.5 Å². The van der Waals surface area contributed by atoms with Gasteiger partial charge in [-0.05, 0) is 23.1 Å². The molecule has 1 aliphatic rings. The van der Waals surface area contributed by atoms with E-state index in [4.69, 9.17) is 4.52 Å². The third kappa shape index (κ3) is 3.10. The van der Waals surface area contributed by atoms with Crippen LogP contribution in [0.15, 0.2) is 64.2 Å². The van der Waals surface area contributed by atoms with Crippen LogP contribution in [0.5, 0.6) is 0 Å². The molecule has 0 unspecified atom stereocenters. The standard InChI is InChI=1S/C19H17N3O3/c23-18-10-15-7-9-21(19(24)17-6-8-20-25-17)12-16(15)13-22(18)11-14-4-2-1-3-5-14/h1-6,8,10,13H,7,9,11-12H2. The summed E-state index contributed by atoms with van der Waals surface area (Å²) in [6, 6.07) is 13.1. The molecule has 0 saturated heterocycles. The highest BCUT2D eigenvalue weighted by atomic mass is 16.5. The minimum atomic E-state index is -0.177. The van der Waals surface area contributed by atoms with Crippen molar-refractivity contribution < 1.29 is 9.32 Å². The first kappa shape index (κ1) is 15.4. The molecule has 0 radical (unpaired) electrons. The molecule has 6 heteroatoms. The van der Waals surface area contributed by atoms with Crippen molar-refractivity contribution in [1.29, 1.82) is 0 Å². The van der Waals surface area contributed by atoms with Crippen molar-refractivity contribution in [2.24, 2.45) is 0 Å². The van der Waals surface area contributed by atoms with Crippen LogP contribution in [-0.2, 0) is 19.5 Å². The highest BCUT2D eigenvalue weighted by molar-refractivity contribution is 5.91. The number of carbonyl (C=O) groups is 1. The third-order valence-electron chi connectivity index (χ3n) is 4.45. The van der Waals surface area contributed by atoms with E-state index < -0.39 is 0 Å². The van der Waals surface area contributed by atoms with Gasteiger partial charge in [-0.15, -0.1) is 0 Å². The molecule has 1 amide bonds. The molecule has 126 valence electrons. The molecule has 0 spiro atoms. The van der Waals surface area contributed by atoms with Crippen molar-refractivity contribution in [1.82, 2.24) is 14.6 Å². The first-order valence-corrected chi connectivity index (χ1v) is 8.17. The van der Waals surface area contributed by atoms with Crippen LogP contribution in [0.25, 0.3) is 0 Å². The number of carbonyl (C=O) groups excluding carboxylic acids is 1. The van der Waals surface area contributed by atoms with E-state index in [9.17, 15) is 9.59 Å². The molecular formula is C19H17N3O3. The Balaban J connectivity index is 1.60. The predicted molar refractivity (Wildman–Crippen MR) is 91.2 cm³/mol. The first-order chi connectivity index (χ1) is 12.2. The second-order valence-electron chi connectivity index (χ2n) is 6.13. The average molecular weight is 335 g/mol. The quantitative estimate of drug-likeness (QED) is 0.735. The summed E-state index contributed by atoms with van der Waals surface area (Å²) in [4.78, 5) is 26.5. The maximum absolute atomic E-state index is 12.4. The number of amides is 1. The molecule has 0 fully saturated rings. The van der Waals surface area contributed by atoms with Gasteiger partial charge in [0.15, 0.2) is 0 Å². The van der Waals surface area contributed by atoms with Crippen LogP contribution in [0, 0.1) is 0 Å². The molecular weight excluding hydrogens is 318 g/mol. The number of hydrogen-bond donors (Lipinski definition) is 0. The summed E-state index contributed by atoms with van der Waals surface area (Å²) in [6.45, 7) is 1.54. The normalized spacial score (nSPS) is 13.5. The summed E-state index contributed by atoms with van der Waals surface area (Å²) in [5, 5.41) is 3.59. The van der Waals surface area contributed by atoms with E-state index >= 15 is 0 Å². The van der Waals surface area contributed by atoms with Crippen molar-refractivity contribution in [3.8, 4) is 0 Å². The van der Waals surface area contributed by atoms with E-state index in [-0.39, 0.29) is 17.2 Å². The van der Waals surface area contributed by atoms with E-state index in [0.29, 0.717) is 26.1 Å². The zero-order valence-corrected chi connectivity index (χ0v) is 13.6. The Bertz CT molecular complexity index is 946. The van der Waals surface area contributed by atoms with E-state index in [2.05, 4.69) is 5.16 Å². The van der Waals surface area contributed by atoms with Gasteiger partial charge in [-0.2, -0.15) is 0 Å². The van der Waals surface area contributed by atoms with Gasteiger partial charge in [0.25, 0.3) is 11.5 Å². The molecule has 1 aromatic carbocycles. The largest absolute Gasteiger partial charge is 0.351 e. The van der Waals surface area contributed by atoms with Gasteiger partial charge in [0, 0.05) is 31.4 Å². The van der Waals surface area contributed by atoms with Crippen molar-refractivity contribution in [2.75, 3.05) is 6.54 Å². The maximum atomic E-state index is 12.4. The molecule has 4 rings (SSSR count). The maximum Gasteiger partial charge on any atom is 0.292 e. The Morgan fingerprint density at radius 2 is 2.00 bits per heavy atom. The zero-order valence-electron chi connectivity index (χ0n) is 13.6. The SMILES string of the molecule is O=C(c1ccno1)N1CCc2cc(=O)n(Cc3ccccc3)cc2C1. The van der Waals surface area contributed by atoms with E-state index in [1.54, 1.807) is 21.6 Å². The molecule has 0 aliphatic carbocycles. The lowest BCUT2D eigenvalue weighted by molar-refractivity contribution is 0.0692. The minimum absolute atomic E-state index is 0.0161. The van der Waals surface area contributed by atoms with Crippen molar-refractivity contribution in [2.45, 2.75) is 19.5 Å². The summed E-state index contributed by atoms with van der Waals surface area (Å²) in [5.74, 6) is 0.0602. The fraction of sp³-hybridized carbons (Fsp3) is 0.211. The van der Waals surface area contributed by atoms with Gasteiger partial charge in [-0.1, -0.05) is 35.5 Å². The molecule has 1 aliphatic heterocycles. The van der Waals surface area contributed by atoms with Crippen LogP contribution in [0.4, 0.5) is 0 Å². The smallest absolute Gasteiger partial charge is 0.292 e. The van der Waals surface area contributed by atoms with Crippen LogP contribution in [0.2, 0.25) is 0 Å². The van der Waals surface area contributed by atoms with Gasteiger partial charge in [0.05, 0.1) is 12.7 Å². The van der Waals surface area contributed by atoms with Crippen molar-refractivity contribution in [3.63, 3.8) is 0 Å². The number of nitrogens with zero attached hydrogens (tertiary/aromatic N) is 3. The van der Waals surface area contributed by atoms with Gasteiger partial charge in [-0.25, -0.2) is 0 Å². The Morgan fingerprint density at radius 1 is 1.16 bits per heavy atom. The molecule has 6 nitrogen and oxygen atoms in total. The van der Waals surface area contributed by atoms with Crippen molar-refractivity contribution in [3.05, 3.63) is 87.7 Å².